The molecule has 0 saturated carbocycles. The highest BCUT2D eigenvalue weighted by Gasteiger charge is 2.22. The number of ether oxygens (including phenoxy) is 1. The summed E-state index contributed by atoms with van der Waals surface area (Å²) in [5, 5.41) is 1.14. The second kappa shape index (κ2) is 9.31. The molecule has 1 aromatic heterocycles. The fourth-order valence-electron chi connectivity index (χ4n) is 4.23. The zero-order valence-electron chi connectivity index (χ0n) is 17.1. The summed E-state index contributed by atoms with van der Waals surface area (Å²) < 4.78 is 20.1. The average molecular weight is 473 g/mol. The number of carbonyl (C=O) groups excluding carboxylic acids is 1. The lowest BCUT2D eigenvalue weighted by Crippen LogP contribution is -2.34. The topological polar surface area (TPSA) is 45.3 Å². The molecule has 1 aliphatic heterocycles. The van der Waals surface area contributed by atoms with Crippen LogP contribution in [0.2, 0.25) is 0 Å². The lowest BCUT2D eigenvalue weighted by Gasteiger charge is -2.31. The Morgan fingerprint density at radius 1 is 1.23 bits per heavy atom. The number of hydrogen-bond donors (Lipinski definition) is 1. The highest BCUT2D eigenvalue weighted by atomic mass is 79.9. The third-order valence-corrected chi connectivity index (χ3v) is 6.54. The summed E-state index contributed by atoms with van der Waals surface area (Å²) in [6.07, 6.45) is 5.23. The van der Waals surface area contributed by atoms with Crippen LogP contribution in [0, 0.1) is 5.82 Å². The van der Waals surface area contributed by atoms with Gasteiger partial charge in [0.1, 0.15) is 11.6 Å². The summed E-state index contributed by atoms with van der Waals surface area (Å²) in [5.41, 5.74) is 2.87. The molecular weight excluding hydrogens is 447 g/mol. The second-order valence-electron chi connectivity index (χ2n) is 7.95. The van der Waals surface area contributed by atoms with E-state index in [0.29, 0.717) is 18.1 Å². The highest BCUT2D eigenvalue weighted by molar-refractivity contribution is 9.10. The first kappa shape index (κ1) is 21.1. The summed E-state index contributed by atoms with van der Waals surface area (Å²) in [4.78, 5) is 17.1. The van der Waals surface area contributed by atoms with Crippen LogP contribution >= 0.6 is 15.9 Å². The summed E-state index contributed by atoms with van der Waals surface area (Å²) in [6, 6.07) is 10.5. The minimum Gasteiger partial charge on any atom is -0.492 e. The molecule has 0 aliphatic carbocycles. The predicted octanol–water partition coefficient (Wildman–Crippen LogP) is 5.92. The number of likely N-dealkylation sites (tertiary alicyclic amines) is 1. The van der Waals surface area contributed by atoms with Gasteiger partial charge in [0.25, 0.3) is 0 Å². The van der Waals surface area contributed by atoms with Crippen LogP contribution in [-0.2, 0) is 0 Å². The standard InChI is InChI=1S/C24H26BrFN2O2/c1-16(29)18-3-6-24(22(25)13-18)30-12-2-9-28-10-7-17(8-11-28)21-15-27-23-14-19(26)4-5-20(21)23/h3-6,13-15,17,27H,2,7-12H2,1H3. The average Bonchev–Trinajstić information content (AvgIpc) is 3.15. The molecule has 158 valence electrons. The molecule has 4 rings (SSSR count). The maximum Gasteiger partial charge on any atom is 0.159 e. The molecule has 3 aromatic rings. The Hall–Kier alpha value is -2.18. The Morgan fingerprint density at radius 3 is 2.77 bits per heavy atom. The van der Waals surface area contributed by atoms with Gasteiger partial charge >= 0.3 is 0 Å². The molecule has 0 amide bonds. The maximum atomic E-state index is 13.4. The van der Waals surface area contributed by atoms with Gasteiger partial charge in [-0.15, -0.1) is 0 Å². The van der Waals surface area contributed by atoms with Crippen LogP contribution in [0.3, 0.4) is 0 Å². The number of piperidine rings is 1. The van der Waals surface area contributed by atoms with Crippen LogP contribution < -0.4 is 4.74 Å². The van der Waals surface area contributed by atoms with E-state index < -0.39 is 0 Å². The number of nitrogens with zero attached hydrogens (tertiary/aromatic N) is 1. The normalized spacial score (nSPS) is 15.6. The van der Waals surface area contributed by atoms with Crippen LogP contribution in [0.25, 0.3) is 10.9 Å². The van der Waals surface area contributed by atoms with E-state index in [9.17, 15) is 9.18 Å². The Labute approximate surface area is 184 Å². The van der Waals surface area contributed by atoms with Crippen molar-refractivity contribution in [2.24, 2.45) is 0 Å². The number of hydrogen-bond acceptors (Lipinski definition) is 3. The maximum absolute atomic E-state index is 13.4. The van der Waals surface area contributed by atoms with Crippen molar-refractivity contribution in [3.63, 3.8) is 0 Å². The molecule has 6 heteroatoms. The third kappa shape index (κ3) is 4.76. The van der Waals surface area contributed by atoms with Crippen molar-refractivity contribution in [2.75, 3.05) is 26.2 Å². The lowest BCUT2D eigenvalue weighted by molar-refractivity contribution is 0.101. The van der Waals surface area contributed by atoms with E-state index in [0.717, 1.165) is 60.0 Å². The predicted molar refractivity (Wildman–Crippen MR) is 121 cm³/mol. The minimum atomic E-state index is -0.199. The number of rotatable bonds is 7. The van der Waals surface area contributed by atoms with Crippen molar-refractivity contribution in [2.45, 2.75) is 32.1 Å². The van der Waals surface area contributed by atoms with E-state index in [-0.39, 0.29) is 11.6 Å². The zero-order valence-corrected chi connectivity index (χ0v) is 18.7. The molecule has 1 N–H and O–H groups in total. The molecule has 0 atom stereocenters. The number of halogens is 2. The van der Waals surface area contributed by atoms with Gasteiger partial charge in [-0.1, -0.05) is 0 Å². The highest BCUT2D eigenvalue weighted by Crippen LogP contribution is 2.33. The number of ketones is 1. The SMILES string of the molecule is CC(=O)c1ccc(OCCCN2CCC(c3c[nH]c4cc(F)ccc34)CC2)c(Br)c1. The molecule has 1 fully saturated rings. The fraction of sp³-hybridized carbons (Fsp3) is 0.375. The molecule has 0 radical (unpaired) electrons. The van der Waals surface area contributed by atoms with Crippen LogP contribution in [-0.4, -0.2) is 41.9 Å². The molecule has 30 heavy (non-hydrogen) atoms. The van der Waals surface area contributed by atoms with E-state index in [1.807, 2.05) is 24.4 Å². The second-order valence-corrected chi connectivity index (χ2v) is 8.81. The monoisotopic (exact) mass is 472 g/mol. The van der Waals surface area contributed by atoms with Crippen LogP contribution in [0.5, 0.6) is 5.75 Å². The molecule has 1 aliphatic rings. The molecule has 0 spiro atoms. The third-order valence-electron chi connectivity index (χ3n) is 5.92. The molecule has 4 nitrogen and oxygen atoms in total. The van der Waals surface area contributed by atoms with Crippen LogP contribution in [0.15, 0.2) is 47.1 Å². The Bertz CT molecular complexity index is 1040. The van der Waals surface area contributed by atoms with Gasteiger partial charge in [-0.25, -0.2) is 4.39 Å². The number of carbonyl (C=O) groups is 1. The number of Topliss-reactive ketones (excluding diaryl/α,β-unsaturated/α-hetero) is 1. The number of aromatic nitrogens is 1. The van der Waals surface area contributed by atoms with Crippen molar-refractivity contribution >= 4 is 32.6 Å². The van der Waals surface area contributed by atoms with Gasteiger partial charge in [0.15, 0.2) is 5.78 Å². The zero-order chi connectivity index (χ0) is 21.1. The molecule has 1 saturated heterocycles. The van der Waals surface area contributed by atoms with Gasteiger partial charge < -0.3 is 14.6 Å². The van der Waals surface area contributed by atoms with Crippen LogP contribution in [0.4, 0.5) is 4.39 Å². The van der Waals surface area contributed by atoms with Gasteiger partial charge in [0.2, 0.25) is 0 Å². The Kier molecular flexibility index (Phi) is 6.54. The van der Waals surface area contributed by atoms with E-state index in [4.69, 9.17) is 4.74 Å². The molecule has 0 unspecified atom stereocenters. The van der Waals surface area contributed by atoms with E-state index in [2.05, 4.69) is 25.8 Å². The summed E-state index contributed by atoms with van der Waals surface area (Å²) >= 11 is 3.48. The Morgan fingerprint density at radius 2 is 2.03 bits per heavy atom. The molecule has 0 bridgehead atoms. The molecule has 2 heterocycles. The number of aromatic amines is 1. The summed E-state index contributed by atoms with van der Waals surface area (Å²) in [6.45, 7) is 5.34. The van der Waals surface area contributed by atoms with E-state index in [1.54, 1.807) is 25.1 Å². The van der Waals surface area contributed by atoms with Crippen LogP contribution in [0.1, 0.15) is 48.0 Å². The first-order valence-corrected chi connectivity index (χ1v) is 11.2. The molecule has 2 aromatic carbocycles. The first-order chi connectivity index (χ1) is 14.5. The quantitative estimate of drug-likeness (QED) is 0.342. The van der Waals surface area contributed by atoms with Crippen molar-refractivity contribution in [1.82, 2.24) is 9.88 Å². The fourth-order valence-corrected chi connectivity index (χ4v) is 4.73. The van der Waals surface area contributed by atoms with Gasteiger partial charge in [-0.2, -0.15) is 0 Å². The minimum absolute atomic E-state index is 0.0467. The summed E-state index contributed by atoms with van der Waals surface area (Å²) in [5.74, 6) is 1.14. The van der Waals surface area contributed by atoms with Gasteiger partial charge in [-0.05, 0) is 103 Å². The molecular formula is C24H26BrFN2O2. The number of fused-ring (bicyclic) bond motifs is 1. The van der Waals surface area contributed by atoms with Gasteiger partial charge in [0.05, 0.1) is 11.1 Å². The van der Waals surface area contributed by atoms with Gasteiger partial charge in [-0.3, -0.25) is 4.79 Å². The van der Waals surface area contributed by atoms with Crippen molar-refractivity contribution in [3.8, 4) is 5.75 Å². The van der Waals surface area contributed by atoms with Crippen molar-refractivity contribution < 1.29 is 13.9 Å². The largest absolute Gasteiger partial charge is 0.492 e. The number of benzene rings is 2. The first-order valence-electron chi connectivity index (χ1n) is 10.4. The Balaban J connectivity index is 1.23. The van der Waals surface area contributed by atoms with E-state index in [1.165, 1.54) is 5.56 Å². The number of nitrogens with one attached hydrogen (secondary N) is 1. The van der Waals surface area contributed by atoms with Crippen molar-refractivity contribution in [1.29, 1.82) is 0 Å². The van der Waals surface area contributed by atoms with E-state index >= 15 is 0 Å². The van der Waals surface area contributed by atoms with Gasteiger partial charge in [0, 0.05) is 29.2 Å². The smallest absolute Gasteiger partial charge is 0.159 e. The summed E-state index contributed by atoms with van der Waals surface area (Å²) in [7, 11) is 0. The van der Waals surface area contributed by atoms with Crippen molar-refractivity contribution in [3.05, 3.63) is 64.0 Å². The lowest BCUT2D eigenvalue weighted by atomic mass is 9.89. The number of H-pyrrole nitrogens is 1.